The predicted octanol–water partition coefficient (Wildman–Crippen LogP) is 4.07. The molecule has 0 radical (unpaired) electrons. The minimum atomic E-state index is -0.508. The van der Waals surface area contributed by atoms with Crippen molar-refractivity contribution in [1.82, 2.24) is 5.32 Å². The maximum atomic E-state index is 11.0. The van der Waals surface area contributed by atoms with Gasteiger partial charge in [-0.2, -0.15) is 0 Å². The van der Waals surface area contributed by atoms with Crippen LogP contribution in [0.4, 0.5) is 5.69 Å². The van der Waals surface area contributed by atoms with Crippen LogP contribution in [0.15, 0.2) is 36.4 Å². The Morgan fingerprint density at radius 2 is 2.10 bits per heavy atom. The van der Waals surface area contributed by atoms with E-state index in [0.717, 1.165) is 17.7 Å². The van der Waals surface area contributed by atoms with Crippen LogP contribution >= 0.6 is 11.6 Å². The maximum Gasteiger partial charge on any atom is 0.313 e. The van der Waals surface area contributed by atoms with Crippen molar-refractivity contribution in [2.45, 2.75) is 13.5 Å². The number of ether oxygens (including phenoxy) is 1. The lowest BCUT2D eigenvalue weighted by Gasteiger charge is -2.11. The number of aryl methyl sites for hydroxylation is 1. The minimum absolute atomic E-state index is 0.0635. The van der Waals surface area contributed by atoms with E-state index in [1.807, 2.05) is 26.1 Å². The molecule has 0 saturated carbocycles. The maximum absolute atomic E-state index is 11.0. The predicted molar refractivity (Wildman–Crippen MR) is 82.1 cm³/mol. The molecule has 0 bridgehead atoms. The number of nitrogens with one attached hydrogen (secondary N) is 1. The molecule has 0 atom stereocenters. The molecule has 2 rings (SSSR count). The molecular formula is C15H15ClN2O3. The van der Waals surface area contributed by atoms with Crippen molar-refractivity contribution >= 4 is 17.3 Å². The van der Waals surface area contributed by atoms with Gasteiger partial charge in [0, 0.05) is 12.6 Å². The first kappa shape index (κ1) is 15.3. The van der Waals surface area contributed by atoms with Crippen molar-refractivity contribution in [1.29, 1.82) is 0 Å². The van der Waals surface area contributed by atoms with Gasteiger partial charge in [0.05, 0.1) is 9.95 Å². The summed E-state index contributed by atoms with van der Waals surface area (Å²) in [5.74, 6) is 0.611. The third kappa shape index (κ3) is 3.51. The van der Waals surface area contributed by atoms with Crippen LogP contribution in [-0.4, -0.2) is 12.0 Å². The third-order valence-corrected chi connectivity index (χ3v) is 3.27. The van der Waals surface area contributed by atoms with E-state index in [2.05, 4.69) is 5.32 Å². The second-order valence-corrected chi connectivity index (χ2v) is 4.98. The summed E-state index contributed by atoms with van der Waals surface area (Å²) < 4.78 is 5.67. The van der Waals surface area contributed by atoms with E-state index >= 15 is 0 Å². The highest BCUT2D eigenvalue weighted by Gasteiger charge is 2.19. The molecule has 110 valence electrons. The van der Waals surface area contributed by atoms with Gasteiger partial charge in [0.1, 0.15) is 5.75 Å². The highest BCUT2D eigenvalue weighted by molar-refractivity contribution is 6.32. The molecule has 1 N–H and O–H groups in total. The van der Waals surface area contributed by atoms with Gasteiger partial charge in [-0.25, -0.2) is 0 Å². The molecule has 0 spiro atoms. The molecule has 0 aliphatic carbocycles. The normalized spacial score (nSPS) is 10.4. The van der Waals surface area contributed by atoms with Crippen LogP contribution < -0.4 is 10.1 Å². The van der Waals surface area contributed by atoms with E-state index in [4.69, 9.17) is 16.3 Å². The lowest BCUT2D eigenvalue weighted by Crippen LogP contribution is -2.05. The number of benzene rings is 2. The van der Waals surface area contributed by atoms with Crippen molar-refractivity contribution in [2.75, 3.05) is 7.05 Å². The van der Waals surface area contributed by atoms with E-state index in [9.17, 15) is 10.1 Å². The smallest absolute Gasteiger partial charge is 0.313 e. The second-order valence-electron chi connectivity index (χ2n) is 4.58. The number of halogens is 1. The van der Waals surface area contributed by atoms with E-state index in [0.29, 0.717) is 5.75 Å². The summed E-state index contributed by atoms with van der Waals surface area (Å²) in [7, 11) is 1.87. The Morgan fingerprint density at radius 3 is 2.71 bits per heavy atom. The molecule has 0 heterocycles. The number of hydrogen-bond donors (Lipinski definition) is 1. The fourth-order valence-corrected chi connectivity index (χ4v) is 2.20. The number of nitrogens with zero attached hydrogens (tertiary/aromatic N) is 1. The molecule has 0 unspecified atom stereocenters. The lowest BCUT2D eigenvalue weighted by atomic mass is 10.1. The molecule has 2 aromatic carbocycles. The first-order valence-corrected chi connectivity index (χ1v) is 6.75. The second kappa shape index (κ2) is 6.56. The Balaban J connectivity index is 2.37. The quantitative estimate of drug-likeness (QED) is 0.668. The average molecular weight is 307 g/mol. The summed E-state index contributed by atoms with van der Waals surface area (Å²) in [6.07, 6.45) is 0. The van der Waals surface area contributed by atoms with Crippen molar-refractivity contribution in [3.63, 3.8) is 0 Å². The Morgan fingerprint density at radius 1 is 1.33 bits per heavy atom. The zero-order valence-corrected chi connectivity index (χ0v) is 12.5. The largest absolute Gasteiger partial charge is 0.448 e. The van der Waals surface area contributed by atoms with Crippen LogP contribution in [-0.2, 0) is 6.54 Å². The zero-order valence-electron chi connectivity index (χ0n) is 11.7. The topological polar surface area (TPSA) is 64.4 Å². The van der Waals surface area contributed by atoms with Crippen LogP contribution in [0.25, 0.3) is 0 Å². The number of hydrogen-bond acceptors (Lipinski definition) is 4. The highest BCUT2D eigenvalue weighted by Crippen LogP contribution is 2.38. The molecule has 0 aromatic heterocycles. The molecule has 6 heteroatoms. The van der Waals surface area contributed by atoms with Crippen LogP contribution in [0, 0.1) is 17.0 Å². The van der Waals surface area contributed by atoms with E-state index in [1.54, 1.807) is 12.1 Å². The Bertz CT molecular complexity index is 674. The van der Waals surface area contributed by atoms with Crippen molar-refractivity contribution in [3.05, 3.63) is 62.7 Å². The molecule has 0 amide bonds. The van der Waals surface area contributed by atoms with Crippen LogP contribution in [0.3, 0.4) is 0 Å². The van der Waals surface area contributed by atoms with Gasteiger partial charge in [-0.3, -0.25) is 10.1 Å². The first-order chi connectivity index (χ1) is 10.0. The van der Waals surface area contributed by atoms with E-state index in [-0.39, 0.29) is 16.5 Å². The average Bonchev–Trinajstić information content (AvgIpc) is 2.43. The fraction of sp³-hybridized carbons (Fsp3) is 0.200. The van der Waals surface area contributed by atoms with Gasteiger partial charge >= 0.3 is 5.69 Å². The highest BCUT2D eigenvalue weighted by atomic mass is 35.5. The van der Waals surface area contributed by atoms with Crippen molar-refractivity contribution in [3.8, 4) is 11.5 Å². The van der Waals surface area contributed by atoms with Gasteiger partial charge in [-0.15, -0.1) is 0 Å². The van der Waals surface area contributed by atoms with Crippen molar-refractivity contribution < 1.29 is 9.66 Å². The summed E-state index contributed by atoms with van der Waals surface area (Å²) in [5.41, 5.74) is 1.84. The van der Waals surface area contributed by atoms with Gasteiger partial charge in [-0.1, -0.05) is 29.8 Å². The van der Waals surface area contributed by atoms with Crippen LogP contribution in [0.2, 0.25) is 5.02 Å². The van der Waals surface area contributed by atoms with E-state index in [1.165, 1.54) is 12.1 Å². The molecule has 0 fully saturated rings. The van der Waals surface area contributed by atoms with Gasteiger partial charge in [0.2, 0.25) is 5.75 Å². The fourth-order valence-electron chi connectivity index (χ4n) is 1.99. The number of nitro benzene ring substituents is 1. The summed E-state index contributed by atoms with van der Waals surface area (Å²) >= 11 is 6.02. The zero-order chi connectivity index (χ0) is 15.4. The van der Waals surface area contributed by atoms with Gasteiger partial charge in [-0.05, 0) is 37.2 Å². The van der Waals surface area contributed by atoms with Crippen LogP contribution in [0.1, 0.15) is 11.1 Å². The molecule has 0 saturated heterocycles. The lowest BCUT2D eigenvalue weighted by molar-refractivity contribution is -0.385. The van der Waals surface area contributed by atoms with Crippen LogP contribution in [0.5, 0.6) is 11.5 Å². The number of nitro groups is 1. The Kier molecular flexibility index (Phi) is 4.77. The minimum Gasteiger partial charge on any atom is -0.448 e. The molecule has 5 nitrogen and oxygen atoms in total. The molecule has 2 aromatic rings. The molecule has 0 aliphatic heterocycles. The first-order valence-electron chi connectivity index (χ1n) is 6.38. The monoisotopic (exact) mass is 306 g/mol. The van der Waals surface area contributed by atoms with Gasteiger partial charge < -0.3 is 10.1 Å². The summed E-state index contributed by atoms with van der Waals surface area (Å²) in [5, 5.41) is 14.3. The van der Waals surface area contributed by atoms with Crippen molar-refractivity contribution in [2.24, 2.45) is 0 Å². The SMILES string of the molecule is CNCc1ccc(Oc2c(Cl)cccc2[N+](=O)[O-])c(C)c1. The number of rotatable bonds is 5. The summed E-state index contributed by atoms with van der Waals surface area (Å²) in [6, 6.07) is 10.1. The standard InChI is InChI=1S/C15H15ClN2O3/c1-10-8-11(9-17-2)6-7-14(10)21-15-12(16)4-3-5-13(15)18(19)20/h3-8,17H,9H2,1-2H3. The van der Waals surface area contributed by atoms with Gasteiger partial charge in [0.15, 0.2) is 0 Å². The number of para-hydroxylation sites is 1. The Labute approximate surface area is 127 Å². The van der Waals surface area contributed by atoms with Gasteiger partial charge in [0.25, 0.3) is 0 Å². The van der Waals surface area contributed by atoms with E-state index < -0.39 is 4.92 Å². The summed E-state index contributed by atoms with van der Waals surface area (Å²) in [4.78, 5) is 10.5. The molecule has 0 aliphatic rings. The molecule has 21 heavy (non-hydrogen) atoms. The molecular weight excluding hydrogens is 292 g/mol. The Hall–Kier alpha value is -2.11. The summed E-state index contributed by atoms with van der Waals surface area (Å²) in [6.45, 7) is 2.63. The third-order valence-electron chi connectivity index (χ3n) is 2.98.